The molecule has 4 aromatic rings. The van der Waals surface area contributed by atoms with E-state index in [0.29, 0.717) is 21.3 Å². The Morgan fingerprint density at radius 1 is 0.935 bits per heavy atom. The molecule has 2 heterocycles. The first kappa shape index (κ1) is 19.7. The van der Waals surface area contributed by atoms with Gasteiger partial charge in [-0.25, -0.2) is 4.39 Å². The van der Waals surface area contributed by atoms with Gasteiger partial charge in [0, 0.05) is 28.2 Å². The number of thioether (sulfide) groups is 1. The fourth-order valence-corrected chi connectivity index (χ4v) is 5.03. The van der Waals surface area contributed by atoms with E-state index in [2.05, 4.69) is 0 Å². The van der Waals surface area contributed by atoms with Crippen molar-refractivity contribution in [3.8, 4) is 0 Å². The zero-order chi connectivity index (χ0) is 21.4. The topological polar surface area (TPSA) is 25.2 Å². The molecular weight excluding hydrogens is 427 g/mol. The Kier molecular flexibility index (Phi) is 5.18. The third-order valence-corrected chi connectivity index (χ3v) is 6.51. The molecule has 0 aliphatic carbocycles. The van der Waals surface area contributed by atoms with Crippen LogP contribution in [0.15, 0.2) is 90.0 Å². The van der Waals surface area contributed by atoms with Crippen LogP contribution < -0.4 is 4.90 Å². The van der Waals surface area contributed by atoms with Gasteiger partial charge in [0.2, 0.25) is 0 Å². The van der Waals surface area contributed by atoms with E-state index in [4.69, 9.17) is 12.2 Å². The van der Waals surface area contributed by atoms with E-state index in [1.165, 1.54) is 17.8 Å². The maximum Gasteiger partial charge on any atom is 0.270 e. The number of rotatable bonds is 4. The number of para-hydroxylation sites is 2. The fourth-order valence-electron chi connectivity index (χ4n) is 3.74. The number of benzene rings is 3. The summed E-state index contributed by atoms with van der Waals surface area (Å²) in [5.74, 6) is -0.363. The molecule has 152 valence electrons. The molecule has 0 unspecified atom stereocenters. The Labute approximate surface area is 188 Å². The van der Waals surface area contributed by atoms with Gasteiger partial charge in [-0.2, -0.15) is 0 Å². The molecule has 1 aliphatic rings. The molecule has 1 fully saturated rings. The Hall–Kier alpha value is -3.22. The average Bonchev–Trinajstić information content (AvgIpc) is 3.27. The molecular formula is C25H17FN2OS2. The van der Waals surface area contributed by atoms with Crippen molar-refractivity contribution in [2.75, 3.05) is 4.90 Å². The van der Waals surface area contributed by atoms with Crippen LogP contribution in [-0.4, -0.2) is 14.8 Å². The highest BCUT2D eigenvalue weighted by Crippen LogP contribution is 2.37. The number of carbonyl (C=O) groups excluding carboxylic acids is 1. The molecule has 1 aliphatic heterocycles. The molecule has 0 saturated carbocycles. The Morgan fingerprint density at radius 3 is 2.45 bits per heavy atom. The number of hydrogen-bond acceptors (Lipinski definition) is 3. The Morgan fingerprint density at radius 2 is 1.65 bits per heavy atom. The second-order valence-electron chi connectivity index (χ2n) is 7.17. The zero-order valence-corrected chi connectivity index (χ0v) is 18.0. The van der Waals surface area contributed by atoms with Crippen LogP contribution in [0, 0.1) is 5.82 Å². The molecule has 3 aromatic carbocycles. The summed E-state index contributed by atoms with van der Waals surface area (Å²) in [6.07, 6.45) is 3.84. The second kappa shape index (κ2) is 8.13. The first-order valence-electron chi connectivity index (χ1n) is 9.76. The number of anilines is 1. The van der Waals surface area contributed by atoms with Gasteiger partial charge < -0.3 is 4.57 Å². The summed E-state index contributed by atoms with van der Waals surface area (Å²) in [7, 11) is 0. The van der Waals surface area contributed by atoms with E-state index < -0.39 is 0 Å². The number of fused-ring (bicyclic) bond motifs is 1. The molecule has 3 nitrogen and oxygen atoms in total. The standard InChI is InChI=1S/C25H17FN2OS2/c26-21-12-6-4-8-17(21)15-27-16-18(20-11-5-7-13-22(20)27)14-23-24(29)28(25(30)31-23)19-9-2-1-3-10-19/h1-14,16H,15H2. The molecule has 0 N–H and O–H groups in total. The zero-order valence-electron chi connectivity index (χ0n) is 16.4. The summed E-state index contributed by atoms with van der Waals surface area (Å²) in [5.41, 5.74) is 3.26. The molecule has 0 radical (unpaired) electrons. The van der Waals surface area contributed by atoms with Gasteiger partial charge in [-0.1, -0.05) is 78.6 Å². The van der Waals surface area contributed by atoms with Gasteiger partial charge in [0.1, 0.15) is 5.82 Å². The van der Waals surface area contributed by atoms with Crippen LogP contribution in [0.2, 0.25) is 0 Å². The Bertz CT molecular complexity index is 1340. The lowest BCUT2D eigenvalue weighted by atomic mass is 10.1. The van der Waals surface area contributed by atoms with Crippen molar-refractivity contribution >= 4 is 56.9 Å². The minimum atomic E-state index is -0.231. The number of nitrogens with zero attached hydrogens (tertiary/aromatic N) is 2. The maximum absolute atomic E-state index is 14.2. The lowest BCUT2D eigenvalue weighted by Gasteiger charge is -2.13. The highest BCUT2D eigenvalue weighted by atomic mass is 32.2. The normalized spacial score (nSPS) is 15.4. The fraction of sp³-hybridized carbons (Fsp3) is 0.0400. The highest BCUT2D eigenvalue weighted by Gasteiger charge is 2.33. The van der Waals surface area contributed by atoms with Crippen molar-refractivity contribution in [3.05, 3.63) is 107 Å². The van der Waals surface area contributed by atoms with Crippen molar-refractivity contribution in [2.45, 2.75) is 6.54 Å². The number of aromatic nitrogens is 1. The number of thiocarbonyl (C=S) groups is 1. The first-order chi connectivity index (χ1) is 15.1. The van der Waals surface area contributed by atoms with Crippen LogP contribution in [0.25, 0.3) is 17.0 Å². The minimum absolute atomic E-state index is 0.132. The van der Waals surface area contributed by atoms with Crippen molar-refractivity contribution in [1.82, 2.24) is 4.57 Å². The first-order valence-corrected chi connectivity index (χ1v) is 11.0. The van der Waals surface area contributed by atoms with E-state index in [0.717, 1.165) is 22.2 Å². The van der Waals surface area contributed by atoms with Gasteiger partial charge in [-0.15, -0.1) is 0 Å². The van der Waals surface area contributed by atoms with Gasteiger partial charge in [0.05, 0.1) is 17.1 Å². The smallest absolute Gasteiger partial charge is 0.270 e. The Balaban J connectivity index is 1.54. The van der Waals surface area contributed by atoms with Crippen LogP contribution in [0.3, 0.4) is 0 Å². The number of amides is 1. The van der Waals surface area contributed by atoms with Crippen LogP contribution in [0.1, 0.15) is 11.1 Å². The third-order valence-electron chi connectivity index (χ3n) is 5.21. The SMILES string of the molecule is O=C1C(=Cc2cn(Cc3ccccc3F)c3ccccc23)SC(=S)N1c1ccccc1. The number of hydrogen-bond donors (Lipinski definition) is 0. The second-order valence-corrected chi connectivity index (χ2v) is 8.85. The maximum atomic E-state index is 14.2. The molecule has 31 heavy (non-hydrogen) atoms. The monoisotopic (exact) mass is 444 g/mol. The lowest BCUT2D eigenvalue weighted by molar-refractivity contribution is -0.113. The van der Waals surface area contributed by atoms with Crippen LogP contribution in [0.5, 0.6) is 0 Å². The van der Waals surface area contributed by atoms with Crippen molar-refractivity contribution in [2.24, 2.45) is 0 Å². The molecule has 0 bridgehead atoms. The van der Waals surface area contributed by atoms with Crippen molar-refractivity contribution in [3.63, 3.8) is 0 Å². The highest BCUT2D eigenvalue weighted by molar-refractivity contribution is 8.27. The summed E-state index contributed by atoms with van der Waals surface area (Å²) in [5, 5.41) is 1.00. The summed E-state index contributed by atoms with van der Waals surface area (Å²) in [6.45, 7) is 0.409. The summed E-state index contributed by atoms with van der Waals surface area (Å²) < 4.78 is 16.7. The van der Waals surface area contributed by atoms with E-state index in [1.54, 1.807) is 17.0 Å². The van der Waals surface area contributed by atoms with Crippen LogP contribution in [0.4, 0.5) is 10.1 Å². The van der Waals surface area contributed by atoms with E-state index in [1.807, 2.05) is 77.5 Å². The molecule has 6 heteroatoms. The van der Waals surface area contributed by atoms with Gasteiger partial charge >= 0.3 is 0 Å². The summed E-state index contributed by atoms with van der Waals surface area (Å²) in [6, 6.07) is 24.1. The van der Waals surface area contributed by atoms with Crippen molar-refractivity contribution in [1.29, 1.82) is 0 Å². The quantitative estimate of drug-likeness (QED) is 0.275. The van der Waals surface area contributed by atoms with Crippen LogP contribution >= 0.6 is 24.0 Å². The predicted molar refractivity (Wildman–Crippen MR) is 130 cm³/mol. The van der Waals surface area contributed by atoms with Gasteiger partial charge in [0.25, 0.3) is 5.91 Å². The molecule has 1 amide bonds. The van der Waals surface area contributed by atoms with E-state index in [9.17, 15) is 9.18 Å². The number of carbonyl (C=O) groups is 1. The summed E-state index contributed by atoms with van der Waals surface area (Å²) in [4.78, 5) is 15.2. The van der Waals surface area contributed by atoms with Crippen molar-refractivity contribution < 1.29 is 9.18 Å². The average molecular weight is 445 g/mol. The van der Waals surface area contributed by atoms with E-state index in [-0.39, 0.29) is 11.7 Å². The van der Waals surface area contributed by atoms with Crippen LogP contribution in [-0.2, 0) is 11.3 Å². The molecule has 5 rings (SSSR count). The molecule has 1 aromatic heterocycles. The van der Waals surface area contributed by atoms with E-state index >= 15 is 0 Å². The van der Waals surface area contributed by atoms with Gasteiger partial charge in [0.15, 0.2) is 4.32 Å². The predicted octanol–water partition coefficient (Wildman–Crippen LogP) is 6.23. The lowest BCUT2D eigenvalue weighted by Crippen LogP contribution is -2.27. The summed E-state index contributed by atoms with van der Waals surface area (Å²) >= 11 is 6.77. The van der Waals surface area contributed by atoms with Gasteiger partial charge in [-0.3, -0.25) is 9.69 Å². The molecule has 0 spiro atoms. The largest absolute Gasteiger partial charge is 0.342 e. The van der Waals surface area contributed by atoms with Gasteiger partial charge in [-0.05, 0) is 30.3 Å². The minimum Gasteiger partial charge on any atom is -0.342 e. The molecule has 1 saturated heterocycles. The third kappa shape index (κ3) is 3.69. The molecule has 0 atom stereocenters. The number of halogens is 1.